The summed E-state index contributed by atoms with van der Waals surface area (Å²) in [6.07, 6.45) is 3.15. The summed E-state index contributed by atoms with van der Waals surface area (Å²) in [6.45, 7) is 4.32. The van der Waals surface area contributed by atoms with E-state index in [0.717, 1.165) is 19.3 Å². The molecule has 0 radical (unpaired) electrons. The Balaban J connectivity index is 0. The SMILES string of the molecule is CCCCCNS(=O)(=O)CC.O=S(=O)(O)O. The molecule has 0 saturated carbocycles. The summed E-state index contributed by atoms with van der Waals surface area (Å²) in [5.41, 5.74) is 0. The molecule has 0 aromatic rings. The van der Waals surface area contributed by atoms with E-state index < -0.39 is 20.4 Å². The van der Waals surface area contributed by atoms with Crippen molar-refractivity contribution in [1.82, 2.24) is 4.72 Å². The van der Waals surface area contributed by atoms with Crippen molar-refractivity contribution in [3.8, 4) is 0 Å². The second kappa shape index (κ2) is 8.88. The van der Waals surface area contributed by atoms with Gasteiger partial charge in [-0.25, -0.2) is 13.1 Å². The zero-order valence-electron chi connectivity index (χ0n) is 9.38. The van der Waals surface area contributed by atoms with E-state index in [1.54, 1.807) is 6.92 Å². The van der Waals surface area contributed by atoms with E-state index in [1.165, 1.54) is 0 Å². The van der Waals surface area contributed by atoms with Crippen LogP contribution in [0.2, 0.25) is 0 Å². The molecule has 0 atom stereocenters. The van der Waals surface area contributed by atoms with Crippen molar-refractivity contribution in [2.45, 2.75) is 33.1 Å². The molecule has 0 spiro atoms. The van der Waals surface area contributed by atoms with Gasteiger partial charge in [0.15, 0.2) is 0 Å². The fraction of sp³-hybridized carbons (Fsp3) is 1.00. The maximum atomic E-state index is 10.9. The molecule has 0 aromatic carbocycles. The molecule has 16 heavy (non-hydrogen) atoms. The lowest BCUT2D eigenvalue weighted by atomic mass is 10.3. The molecule has 0 aliphatic heterocycles. The van der Waals surface area contributed by atoms with Gasteiger partial charge in [-0.1, -0.05) is 19.8 Å². The smallest absolute Gasteiger partial charge is 0.264 e. The largest absolute Gasteiger partial charge is 0.394 e. The molecule has 0 aliphatic rings. The topological polar surface area (TPSA) is 121 Å². The molecule has 100 valence electrons. The highest BCUT2D eigenvalue weighted by atomic mass is 32.3. The van der Waals surface area contributed by atoms with E-state index in [-0.39, 0.29) is 5.75 Å². The molecule has 0 bridgehead atoms. The van der Waals surface area contributed by atoms with Crippen LogP contribution in [0.1, 0.15) is 33.1 Å². The highest BCUT2D eigenvalue weighted by Crippen LogP contribution is 1.92. The van der Waals surface area contributed by atoms with Crippen LogP contribution in [-0.2, 0) is 20.4 Å². The lowest BCUT2D eigenvalue weighted by Gasteiger charge is -2.02. The zero-order chi connectivity index (χ0) is 13.2. The molecule has 0 unspecified atom stereocenters. The summed E-state index contributed by atoms with van der Waals surface area (Å²) in [6, 6.07) is 0. The number of hydrogen-bond donors (Lipinski definition) is 3. The first-order valence-corrected chi connectivity index (χ1v) is 7.84. The number of rotatable bonds is 6. The molecular weight excluding hydrogens is 258 g/mol. The van der Waals surface area contributed by atoms with E-state index in [0.29, 0.717) is 6.54 Å². The molecule has 0 aromatic heterocycles. The van der Waals surface area contributed by atoms with Crippen LogP contribution >= 0.6 is 0 Å². The predicted molar refractivity (Wildman–Crippen MR) is 61.2 cm³/mol. The van der Waals surface area contributed by atoms with Crippen molar-refractivity contribution in [2.75, 3.05) is 12.3 Å². The molecule has 0 rings (SSSR count). The van der Waals surface area contributed by atoms with Crippen molar-refractivity contribution < 1.29 is 25.9 Å². The van der Waals surface area contributed by atoms with Gasteiger partial charge in [0.05, 0.1) is 5.75 Å². The van der Waals surface area contributed by atoms with Gasteiger partial charge >= 0.3 is 10.4 Å². The Morgan fingerprint density at radius 2 is 1.44 bits per heavy atom. The first-order chi connectivity index (χ1) is 7.12. The third kappa shape index (κ3) is 23.5. The molecule has 0 amide bonds. The molecule has 0 heterocycles. The maximum Gasteiger partial charge on any atom is 0.394 e. The van der Waals surface area contributed by atoms with Crippen LogP contribution in [0, 0.1) is 0 Å². The minimum Gasteiger partial charge on any atom is -0.264 e. The fourth-order valence-electron chi connectivity index (χ4n) is 0.705. The molecule has 0 aliphatic carbocycles. The molecule has 0 saturated heterocycles. The minimum absolute atomic E-state index is 0.180. The van der Waals surface area contributed by atoms with Crippen molar-refractivity contribution in [1.29, 1.82) is 0 Å². The molecule has 9 heteroatoms. The lowest BCUT2D eigenvalue weighted by molar-refractivity contribution is 0.381. The van der Waals surface area contributed by atoms with Gasteiger partial charge in [-0.2, -0.15) is 8.42 Å². The Hall–Kier alpha value is -0.220. The fourth-order valence-corrected chi connectivity index (χ4v) is 1.36. The molecule has 3 N–H and O–H groups in total. The summed E-state index contributed by atoms with van der Waals surface area (Å²) < 4.78 is 55.8. The third-order valence-electron chi connectivity index (χ3n) is 1.48. The summed E-state index contributed by atoms with van der Waals surface area (Å²) in [5.74, 6) is 0.180. The van der Waals surface area contributed by atoms with Crippen LogP contribution in [0.5, 0.6) is 0 Å². The van der Waals surface area contributed by atoms with Crippen molar-refractivity contribution in [2.24, 2.45) is 0 Å². The van der Waals surface area contributed by atoms with Crippen molar-refractivity contribution in [3.63, 3.8) is 0 Å². The van der Waals surface area contributed by atoms with Gasteiger partial charge < -0.3 is 0 Å². The quantitative estimate of drug-likeness (QED) is 0.479. The van der Waals surface area contributed by atoms with Crippen LogP contribution in [-0.4, -0.2) is 38.2 Å². The molecule has 7 nitrogen and oxygen atoms in total. The maximum absolute atomic E-state index is 10.9. The highest BCUT2D eigenvalue weighted by molar-refractivity contribution is 7.89. The monoisotopic (exact) mass is 277 g/mol. The number of sulfonamides is 1. The van der Waals surface area contributed by atoms with E-state index in [9.17, 15) is 8.42 Å². The van der Waals surface area contributed by atoms with Gasteiger partial charge in [0.2, 0.25) is 10.0 Å². The normalized spacial score (nSPS) is 11.8. The Labute approximate surface area is 96.9 Å². The second-order valence-electron chi connectivity index (χ2n) is 2.95. The Morgan fingerprint density at radius 1 is 1.00 bits per heavy atom. The van der Waals surface area contributed by atoms with Gasteiger partial charge in [-0.3, -0.25) is 9.11 Å². The average Bonchev–Trinajstić information content (AvgIpc) is 2.10. The van der Waals surface area contributed by atoms with Gasteiger partial charge in [0.25, 0.3) is 0 Å². The Morgan fingerprint density at radius 3 is 1.75 bits per heavy atom. The second-order valence-corrected chi connectivity index (χ2v) is 5.94. The van der Waals surface area contributed by atoms with Crippen LogP contribution < -0.4 is 4.72 Å². The first-order valence-electron chi connectivity index (χ1n) is 4.79. The minimum atomic E-state index is -4.67. The van der Waals surface area contributed by atoms with Crippen LogP contribution in [0.4, 0.5) is 0 Å². The van der Waals surface area contributed by atoms with E-state index in [1.807, 2.05) is 0 Å². The third-order valence-corrected chi connectivity index (χ3v) is 2.89. The first kappa shape index (κ1) is 18.2. The lowest BCUT2D eigenvalue weighted by Crippen LogP contribution is -2.26. The van der Waals surface area contributed by atoms with Crippen molar-refractivity contribution in [3.05, 3.63) is 0 Å². The van der Waals surface area contributed by atoms with Gasteiger partial charge in [-0.05, 0) is 13.3 Å². The van der Waals surface area contributed by atoms with Gasteiger partial charge in [0.1, 0.15) is 0 Å². The zero-order valence-corrected chi connectivity index (χ0v) is 11.0. The Bertz CT molecular complexity index is 339. The number of nitrogens with one attached hydrogen (secondary N) is 1. The summed E-state index contributed by atoms with van der Waals surface area (Å²) in [4.78, 5) is 0. The predicted octanol–water partition coefficient (Wildman–Crippen LogP) is 0.463. The summed E-state index contributed by atoms with van der Waals surface area (Å²) in [7, 11) is -7.62. The van der Waals surface area contributed by atoms with Crippen LogP contribution in [0.25, 0.3) is 0 Å². The van der Waals surface area contributed by atoms with Gasteiger partial charge in [0, 0.05) is 6.54 Å². The van der Waals surface area contributed by atoms with Crippen LogP contribution in [0.15, 0.2) is 0 Å². The highest BCUT2D eigenvalue weighted by Gasteiger charge is 2.03. The van der Waals surface area contributed by atoms with Crippen LogP contribution in [0.3, 0.4) is 0 Å². The van der Waals surface area contributed by atoms with E-state index >= 15 is 0 Å². The van der Waals surface area contributed by atoms with E-state index in [4.69, 9.17) is 17.5 Å². The Kier molecular flexibility index (Phi) is 10.1. The average molecular weight is 277 g/mol. The van der Waals surface area contributed by atoms with Gasteiger partial charge in [-0.15, -0.1) is 0 Å². The van der Waals surface area contributed by atoms with E-state index in [2.05, 4.69) is 11.6 Å². The number of unbranched alkanes of at least 4 members (excludes halogenated alkanes) is 2. The number of hydrogen-bond acceptors (Lipinski definition) is 4. The summed E-state index contributed by atoms with van der Waals surface area (Å²) in [5, 5.41) is 0. The standard InChI is InChI=1S/C7H17NO2S.H2O4S/c1-3-5-6-7-8-11(9,10)4-2;1-5(2,3)4/h8H,3-7H2,1-2H3;(H2,1,2,3,4). The summed E-state index contributed by atoms with van der Waals surface area (Å²) >= 11 is 0. The molecule has 0 fully saturated rings. The molecular formula is C7H19NO6S2. The van der Waals surface area contributed by atoms with Crippen molar-refractivity contribution >= 4 is 20.4 Å².